The van der Waals surface area contributed by atoms with Gasteiger partial charge in [-0.25, -0.2) is 5.01 Å². The number of amides is 1. The number of hydrogen-bond acceptors (Lipinski definition) is 7. The van der Waals surface area contributed by atoms with E-state index in [1.54, 1.807) is 27.7 Å². The minimum Gasteiger partial charge on any atom is -0.455 e. The van der Waals surface area contributed by atoms with Gasteiger partial charge in [0.2, 0.25) is 0 Å². The number of ether oxygens (including phenoxy) is 1. The molecule has 8 heteroatoms. The molecule has 0 aromatic carbocycles. The summed E-state index contributed by atoms with van der Waals surface area (Å²) in [5.41, 5.74) is 2.19. The Morgan fingerprint density at radius 1 is 1.06 bits per heavy atom. The molecule has 2 aromatic rings. The van der Waals surface area contributed by atoms with Crippen LogP contribution >= 0.6 is 22.7 Å². The molecular weight excluding hydrogens is 492 g/mol. The zero-order chi connectivity index (χ0) is 24.6. The van der Waals surface area contributed by atoms with Crippen LogP contribution in [0.15, 0.2) is 45.7 Å². The number of carbonyl (C=O) groups excluding carboxylic acids is 3. The highest BCUT2D eigenvalue weighted by atomic mass is 32.1. The maximum Gasteiger partial charge on any atom is 0.309 e. The first-order valence-corrected chi connectivity index (χ1v) is 14.7. The number of allylic oxidation sites excluding steroid dienone is 1. The first kappa shape index (κ1) is 23.8. The summed E-state index contributed by atoms with van der Waals surface area (Å²) in [6.07, 6.45) is 9.11. The Balaban J connectivity index is 1.19. The highest BCUT2D eigenvalue weighted by Crippen LogP contribution is 2.46. The Labute approximate surface area is 219 Å². The molecule has 6 nitrogen and oxygen atoms in total. The fourth-order valence-corrected chi connectivity index (χ4v) is 8.04. The standard InChI is InChI=1S/C28H30N2O4S2/c31-24(16-34-28(33)20-13-18-6-1-7-19(14-20)27(18)32)30-26(23-10-4-12-36-23)22-9-2-5-17(25(22)29-30)15-21-8-3-11-35-21/h3-4,8,10-12,15,18-20,22,26H,1-2,5-7,9,13-14,16H2/b17-15-/t18-,19+,20?,22-,26+/m1/s1. The van der Waals surface area contributed by atoms with Crippen LogP contribution in [0.2, 0.25) is 0 Å². The van der Waals surface area contributed by atoms with Crippen molar-refractivity contribution >= 4 is 52.1 Å². The Morgan fingerprint density at radius 3 is 2.56 bits per heavy atom. The molecule has 3 aliphatic carbocycles. The van der Waals surface area contributed by atoms with E-state index in [0.29, 0.717) is 18.6 Å². The van der Waals surface area contributed by atoms with E-state index in [4.69, 9.17) is 9.84 Å². The smallest absolute Gasteiger partial charge is 0.309 e. The molecule has 4 aliphatic rings. The van der Waals surface area contributed by atoms with Crippen LogP contribution in [0.3, 0.4) is 0 Å². The second kappa shape index (κ2) is 10.1. The number of rotatable bonds is 5. The van der Waals surface area contributed by atoms with Gasteiger partial charge in [0, 0.05) is 27.5 Å². The first-order chi connectivity index (χ1) is 17.6. The second-order valence-corrected chi connectivity index (χ2v) is 12.3. The van der Waals surface area contributed by atoms with E-state index in [0.717, 1.165) is 49.1 Å². The van der Waals surface area contributed by atoms with Gasteiger partial charge in [-0.05, 0) is 79.5 Å². The van der Waals surface area contributed by atoms with E-state index >= 15 is 0 Å². The number of hydrogen-bond donors (Lipinski definition) is 0. The van der Waals surface area contributed by atoms with E-state index in [2.05, 4.69) is 23.6 Å². The molecule has 1 unspecified atom stereocenters. The lowest BCUT2D eigenvalue weighted by Gasteiger charge is -2.36. The van der Waals surface area contributed by atoms with Crippen molar-refractivity contribution < 1.29 is 19.1 Å². The van der Waals surface area contributed by atoms with Crippen molar-refractivity contribution in [2.45, 2.75) is 57.4 Å². The lowest BCUT2D eigenvalue weighted by Crippen LogP contribution is -2.40. The van der Waals surface area contributed by atoms with E-state index < -0.39 is 0 Å². The maximum atomic E-state index is 13.4. The molecule has 1 amide bonds. The quantitative estimate of drug-likeness (QED) is 0.460. The van der Waals surface area contributed by atoms with Gasteiger partial charge < -0.3 is 4.74 Å². The summed E-state index contributed by atoms with van der Waals surface area (Å²) in [6, 6.07) is 8.05. The van der Waals surface area contributed by atoms with Gasteiger partial charge in [0.1, 0.15) is 5.78 Å². The molecule has 6 rings (SSSR count). The zero-order valence-electron chi connectivity index (χ0n) is 20.1. The third-order valence-electron chi connectivity index (χ3n) is 8.17. The number of nitrogens with zero attached hydrogens (tertiary/aromatic N) is 2. The van der Waals surface area contributed by atoms with Gasteiger partial charge in [-0.3, -0.25) is 14.4 Å². The Kier molecular flexibility index (Phi) is 6.65. The number of esters is 1. The molecule has 3 heterocycles. The lowest BCUT2D eigenvalue weighted by atomic mass is 9.67. The summed E-state index contributed by atoms with van der Waals surface area (Å²) in [7, 11) is 0. The molecule has 0 spiro atoms. The SMILES string of the molecule is O=C(OCC(=O)N1N=C2/C(=C\c3cccs3)CCC[C@H]2[C@H]1c1cccs1)C1C[C@H]2CCC[C@@H](C1)C2=O. The minimum absolute atomic E-state index is 0.0179. The molecule has 0 saturated heterocycles. The molecular formula is C28H30N2O4S2. The summed E-state index contributed by atoms with van der Waals surface area (Å²) in [5, 5.41) is 10.5. The van der Waals surface area contributed by atoms with Gasteiger partial charge >= 0.3 is 5.97 Å². The van der Waals surface area contributed by atoms with Crippen molar-refractivity contribution in [2.24, 2.45) is 28.8 Å². The highest BCUT2D eigenvalue weighted by Gasteiger charge is 2.45. The van der Waals surface area contributed by atoms with Crippen LogP contribution in [0.5, 0.6) is 0 Å². The van der Waals surface area contributed by atoms with Gasteiger partial charge in [0.25, 0.3) is 5.91 Å². The van der Waals surface area contributed by atoms with E-state index in [-0.39, 0.29) is 48.2 Å². The molecule has 3 fully saturated rings. The first-order valence-electron chi connectivity index (χ1n) is 13.0. The Morgan fingerprint density at radius 2 is 1.83 bits per heavy atom. The summed E-state index contributed by atoms with van der Waals surface area (Å²) in [4.78, 5) is 41.0. The van der Waals surface area contributed by atoms with Crippen LogP contribution in [0.4, 0.5) is 0 Å². The van der Waals surface area contributed by atoms with Crippen LogP contribution in [0.1, 0.15) is 67.2 Å². The van der Waals surface area contributed by atoms with E-state index in [1.807, 2.05) is 17.5 Å². The summed E-state index contributed by atoms with van der Waals surface area (Å²) < 4.78 is 5.57. The third kappa shape index (κ3) is 4.50. The van der Waals surface area contributed by atoms with Crippen LogP contribution in [-0.4, -0.2) is 35.0 Å². The van der Waals surface area contributed by atoms with Gasteiger partial charge in [-0.15, -0.1) is 22.7 Å². The molecule has 0 N–H and O–H groups in total. The molecule has 0 radical (unpaired) electrons. The normalized spacial score (nSPS) is 30.7. The average Bonchev–Trinajstić information content (AvgIpc) is 3.63. The van der Waals surface area contributed by atoms with Crippen molar-refractivity contribution in [3.8, 4) is 0 Å². The molecule has 5 atom stereocenters. The summed E-state index contributed by atoms with van der Waals surface area (Å²) in [5.74, 6) is -0.485. The van der Waals surface area contributed by atoms with Crippen LogP contribution in [0, 0.1) is 23.7 Å². The van der Waals surface area contributed by atoms with Gasteiger partial charge in [-0.2, -0.15) is 5.10 Å². The zero-order valence-corrected chi connectivity index (χ0v) is 21.8. The van der Waals surface area contributed by atoms with E-state index in [9.17, 15) is 14.4 Å². The predicted molar refractivity (Wildman–Crippen MR) is 140 cm³/mol. The average molecular weight is 523 g/mol. The van der Waals surface area contributed by atoms with Crippen LogP contribution in [0.25, 0.3) is 6.08 Å². The molecule has 2 bridgehead atoms. The van der Waals surface area contributed by atoms with Crippen LogP contribution in [-0.2, 0) is 19.1 Å². The molecule has 36 heavy (non-hydrogen) atoms. The summed E-state index contributed by atoms with van der Waals surface area (Å²) >= 11 is 3.33. The lowest BCUT2D eigenvalue weighted by molar-refractivity contribution is -0.159. The van der Waals surface area contributed by atoms with Gasteiger partial charge in [-0.1, -0.05) is 18.6 Å². The highest BCUT2D eigenvalue weighted by molar-refractivity contribution is 7.11. The Hall–Kier alpha value is -2.58. The fraction of sp³-hybridized carbons (Fsp3) is 0.500. The molecule has 188 valence electrons. The Bertz CT molecular complexity index is 1180. The molecule has 2 aromatic heterocycles. The number of hydrazone groups is 1. The predicted octanol–water partition coefficient (Wildman–Crippen LogP) is 5.87. The third-order valence-corrected chi connectivity index (χ3v) is 9.93. The number of Topliss-reactive ketones (excluding diaryl/α,β-unsaturated/α-hetero) is 1. The number of ketones is 1. The van der Waals surface area contributed by atoms with Crippen molar-refractivity contribution in [1.82, 2.24) is 5.01 Å². The minimum atomic E-state index is -0.344. The number of fused-ring (bicyclic) bond motifs is 3. The number of thiophene rings is 2. The van der Waals surface area contributed by atoms with Crippen molar-refractivity contribution in [1.29, 1.82) is 0 Å². The number of carbonyl (C=O) groups is 3. The van der Waals surface area contributed by atoms with Crippen molar-refractivity contribution in [2.75, 3.05) is 6.61 Å². The van der Waals surface area contributed by atoms with E-state index in [1.165, 1.54) is 10.5 Å². The van der Waals surface area contributed by atoms with Crippen molar-refractivity contribution in [3.05, 3.63) is 50.4 Å². The van der Waals surface area contributed by atoms with Crippen molar-refractivity contribution in [3.63, 3.8) is 0 Å². The fourth-order valence-electron chi connectivity index (χ4n) is 6.48. The molecule has 1 aliphatic heterocycles. The summed E-state index contributed by atoms with van der Waals surface area (Å²) in [6.45, 7) is -0.312. The molecule has 3 saturated carbocycles. The van der Waals surface area contributed by atoms with Gasteiger partial charge in [0.15, 0.2) is 6.61 Å². The topological polar surface area (TPSA) is 76.0 Å². The van der Waals surface area contributed by atoms with Gasteiger partial charge in [0.05, 0.1) is 17.7 Å². The second-order valence-electron chi connectivity index (χ2n) is 10.4. The maximum absolute atomic E-state index is 13.4. The largest absolute Gasteiger partial charge is 0.455 e. The monoisotopic (exact) mass is 522 g/mol. The van der Waals surface area contributed by atoms with Crippen LogP contribution < -0.4 is 0 Å².